The van der Waals surface area contributed by atoms with E-state index in [1.54, 1.807) is 18.0 Å². The summed E-state index contributed by atoms with van der Waals surface area (Å²) in [6, 6.07) is 2.07. The molecule has 0 atom stereocenters. The summed E-state index contributed by atoms with van der Waals surface area (Å²) in [5.41, 5.74) is 1.19. The maximum Gasteiger partial charge on any atom is 0.167 e. The van der Waals surface area contributed by atoms with Gasteiger partial charge < -0.3 is 4.57 Å². The standard InChI is InChI=1S/C10H10BrN3S/c1-14-3-2-13-10(14)15-7-8-4-9(11)6-12-5-8/h2-6H,7H2,1H3. The van der Waals surface area contributed by atoms with E-state index in [4.69, 9.17) is 0 Å². The molecule has 0 saturated carbocycles. The number of aryl methyl sites for hydroxylation is 1. The van der Waals surface area contributed by atoms with Crippen LogP contribution in [0.4, 0.5) is 0 Å². The number of aromatic nitrogens is 3. The Kier molecular flexibility index (Phi) is 3.43. The highest BCUT2D eigenvalue weighted by Crippen LogP contribution is 2.21. The quantitative estimate of drug-likeness (QED) is 0.812. The lowest BCUT2D eigenvalue weighted by Crippen LogP contribution is -1.90. The number of thioether (sulfide) groups is 1. The van der Waals surface area contributed by atoms with Gasteiger partial charge in [-0.2, -0.15) is 0 Å². The third-order valence-corrected chi connectivity index (χ3v) is 3.47. The monoisotopic (exact) mass is 283 g/mol. The van der Waals surface area contributed by atoms with Crippen LogP contribution >= 0.6 is 27.7 Å². The summed E-state index contributed by atoms with van der Waals surface area (Å²) in [4.78, 5) is 8.37. The molecule has 0 aliphatic carbocycles. The number of nitrogens with zero attached hydrogens (tertiary/aromatic N) is 3. The molecule has 0 bridgehead atoms. The third-order valence-electron chi connectivity index (χ3n) is 1.91. The van der Waals surface area contributed by atoms with E-state index in [0.717, 1.165) is 15.4 Å². The molecule has 5 heteroatoms. The summed E-state index contributed by atoms with van der Waals surface area (Å²) in [5, 5.41) is 1.02. The van der Waals surface area contributed by atoms with Crippen LogP contribution in [0.25, 0.3) is 0 Å². The number of hydrogen-bond donors (Lipinski definition) is 0. The second-order valence-corrected chi connectivity index (χ2v) is 4.98. The fraction of sp³-hybridized carbons (Fsp3) is 0.200. The molecule has 0 N–H and O–H groups in total. The molecule has 0 spiro atoms. The van der Waals surface area contributed by atoms with Gasteiger partial charge in [0.1, 0.15) is 0 Å². The van der Waals surface area contributed by atoms with Gasteiger partial charge in [-0.3, -0.25) is 4.98 Å². The Labute approximate surface area is 101 Å². The predicted molar refractivity (Wildman–Crippen MR) is 64.7 cm³/mol. The zero-order valence-electron chi connectivity index (χ0n) is 8.22. The highest BCUT2D eigenvalue weighted by molar-refractivity contribution is 9.10. The van der Waals surface area contributed by atoms with Crippen LogP contribution in [0.3, 0.4) is 0 Å². The minimum Gasteiger partial charge on any atom is -0.329 e. The average molecular weight is 284 g/mol. The predicted octanol–water partition coefficient (Wildman–Crippen LogP) is 2.87. The largest absolute Gasteiger partial charge is 0.329 e. The summed E-state index contributed by atoms with van der Waals surface area (Å²) in [5.74, 6) is 0.886. The molecule has 0 aromatic carbocycles. The van der Waals surface area contributed by atoms with E-state index in [2.05, 4.69) is 32.0 Å². The van der Waals surface area contributed by atoms with Gasteiger partial charge in [-0.05, 0) is 27.6 Å². The van der Waals surface area contributed by atoms with Crippen LogP contribution in [-0.4, -0.2) is 14.5 Å². The van der Waals surface area contributed by atoms with Gasteiger partial charge in [-0.15, -0.1) is 0 Å². The maximum atomic E-state index is 4.25. The lowest BCUT2D eigenvalue weighted by Gasteiger charge is -2.01. The highest BCUT2D eigenvalue weighted by Gasteiger charge is 2.01. The number of halogens is 1. The van der Waals surface area contributed by atoms with Crippen LogP contribution in [0.15, 0.2) is 40.5 Å². The Morgan fingerprint density at radius 3 is 3.00 bits per heavy atom. The number of pyridine rings is 1. The van der Waals surface area contributed by atoms with E-state index in [-0.39, 0.29) is 0 Å². The zero-order chi connectivity index (χ0) is 10.7. The minimum absolute atomic E-state index is 0.886. The number of rotatable bonds is 3. The second-order valence-electron chi connectivity index (χ2n) is 3.12. The normalized spacial score (nSPS) is 10.5. The Balaban J connectivity index is 2.02. The van der Waals surface area contributed by atoms with Gasteiger partial charge in [-0.25, -0.2) is 4.98 Å². The van der Waals surface area contributed by atoms with E-state index in [9.17, 15) is 0 Å². The molecule has 2 aromatic heterocycles. The zero-order valence-corrected chi connectivity index (χ0v) is 10.6. The molecule has 0 fully saturated rings. The van der Waals surface area contributed by atoms with Crippen molar-refractivity contribution in [1.82, 2.24) is 14.5 Å². The summed E-state index contributed by atoms with van der Waals surface area (Å²) < 4.78 is 3.02. The Hall–Kier alpha value is -0.810. The van der Waals surface area contributed by atoms with E-state index in [1.165, 1.54) is 5.56 Å². The lowest BCUT2D eigenvalue weighted by atomic mass is 10.3. The second kappa shape index (κ2) is 4.81. The number of hydrogen-bond acceptors (Lipinski definition) is 3. The van der Waals surface area contributed by atoms with Crippen molar-refractivity contribution in [3.8, 4) is 0 Å². The molecule has 78 valence electrons. The molecule has 3 nitrogen and oxygen atoms in total. The van der Waals surface area contributed by atoms with Gasteiger partial charge in [0.2, 0.25) is 0 Å². The molecule has 0 aliphatic rings. The van der Waals surface area contributed by atoms with E-state index in [1.807, 2.05) is 30.2 Å². The van der Waals surface area contributed by atoms with Crippen LogP contribution in [0.2, 0.25) is 0 Å². The fourth-order valence-corrected chi connectivity index (χ4v) is 2.44. The van der Waals surface area contributed by atoms with E-state index < -0.39 is 0 Å². The van der Waals surface area contributed by atoms with Crippen molar-refractivity contribution >= 4 is 27.7 Å². The Morgan fingerprint density at radius 1 is 1.47 bits per heavy atom. The Morgan fingerprint density at radius 2 is 2.33 bits per heavy atom. The van der Waals surface area contributed by atoms with Crippen molar-refractivity contribution in [2.45, 2.75) is 10.9 Å². The van der Waals surface area contributed by atoms with Crippen LogP contribution in [-0.2, 0) is 12.8 Å². The van der Waals surface area contributed by atoms with Gasteiger partial charge in [-0.1, -0.05) is 11.8 Å². The smallest absolute Gasteiger partial charge is 0.167 e. The SMILES string of the molecule is Cn1ccnc1SCc1cncc(Br)c1. The van der Waals surface area contributed by atoms with E-state index in [0.29, 0.717) is 0 Å². The molecule has 0 unspecified atom stereocenters. The van der Waals surface area contributed by atoms with Crippen LogP contribution in [0, 0.1) is 0 Å². The van der Waals surface area contributed by atoms with Crippen LogP contribution in [0.1, 0.15) is 5.56 Å². The molecule has 2 rings (SSSR count). The molecule has 0 radical (unpaired) electrons. The van der Waals surface area contributed by atoms with Crippen molar-refractivity contribution < 1.29 is 0 Å². The highest BCUT2D eigenvalue weighted by atomic mass is 79.9. The summed E-state index contributed by atoms with van der Waals surface area (Å²) in [6.45, 7) is 0. The van der Waals surface area contributed by atoms with Crippen molar-refractivity contribution in [3.05, 3.63) is 40.9 Å². The third kappa shape index (κ3) is 2.82. The first-order valence-electron chi connectivity index (χ1n) is 4.45. The molecule has 2 aromatic rings. The molecule has 2 heterocycles. The molecular formula is C10H10BrN3S. The van der Waals surface area contributed by atoms with Gasteiger partial charge in [0, 0.05) is 42.1 Å². The molecule has 15 heavy (non-hydrogen) atoms. The molecular weight excluding hydrogens is 274 g/mol. The van der Waals surface area contributed by atoms with Gasteiger partial charge in [0.15, 0.2) is 5.16 Å². The van der Waals surface area contributed by atoms with Crippen molar-refractivity contribution in [1.29, 1.82) is 0 Å². The van der Waals surface area contributed by atoms with Crippen molar-refractivity contribution in [2.75, 3.05) is 0 Å². The molecule has 0 aliphatic heterocycles. The summed E-state index contributed by atoms with van der Waals surface area (Å²) in [6.07, 6.45) is 7.42. The number of imidazole rings is 1. The topological polar surface area (TPSA) is 30.7 Å². The summed E-state index contributed by atoms with van der Waals surface area (Å²) in [7, 11) is 1.99. The maximum absolute atomic E-state index is 4.25. The van der Waals surface area contributed by atoms with Crippen LogP contribution < -0.4 is 0 Å². The first-order chi connectivity index (χ1) is 7.25. The van der Waals surface area contributed by atoms with E-state index >= 15 is 0 Å². The van der Waals surface area contributed by atoms with Gasteiger partial charge in [0.25, 0.3) is 0 Å². The molecule has 0 amide bonds. The molecule has 0 saturated heterocycles. The van der Waals surface area contributed by atoms with Gasteiger partial charge in [0.05, 0.1) is 0 Å². The average Bonchev–Trinajstić information content (AvgIpc) is 2.61. The minimum atomic E-state index is 0.886. The van der Waals surface area contributed by atoms with Crippen molar-refractivity contribution in [2.24, 2.45) is 7.05 Å². The lowest BCUT2D eigenvalue weighted by molar-refractivity contribution is 0.790. The van der Waals surface area contributed by atoms with Gasteiger partial charge >= 0.3 is 0 Å². The summed E-state index contributed by atoms with van der Waals surface area (Å²) >= 11 is 5.11. The Bertz CT molecular complexity index is 455. The first kappa shape index (κ1) is 10.7. The van der Waals surface area contributed by atoms with Crippen LogP contribution in [0.5, 0.6) is 0 Å². The van der Waals surface area contributed by atoms with Crippen molar-refractivity contribution in [3.63, 3.8) is 0 Å². The first-order valence-corrected chi connectivity index (χ1v) is 6.23. The fourth-order valence-electron chi connectivity index (χ4n) is 1.17.